The summed E-state index contributed by atoms with van der Waals surface area (Å²) in [5, 5.41) is 0.668. The number of amides is 2. The number of hydrogen-bond acceptors (Lipinski definition) is 5. The van der Waals surface area contributed by atoms with Crippen molar-refractivity contribution in [2.75, 3.05) is 0 Å². The van der Waals surface area contributed by atoms with Crippen molar-refractivity contribution in [2.24, 2.45) is 5.92 Å². The minimum absolute atomic E-state index is 0.123. The number of ether oxygens (including phenoxy) is 1. The van der Waals surface area contributed by atoms with Gasteiger partial charge in [0.1, 0.15) is 5.60 Å². The Morgan fingerprint density at radius 3 is 2.00 bits per heavy atom. The van der Waals surface area contributed by atoms with Gasteiger partial charge in [0.15, 0.2) is 6.10 Å². The third kappa shape index (κ3) is 4.00. The van der Waals surface area contributed by atoms with Crippen molar-refractivity contribution in [3.8, 4) is 0 Å². The first-order valence-corrected chi connectivity index (χ1v) is 7.97. The highest BCUT2D eigenvalue weighted by Crippen LogP contribution is 2.25. The monoisotopic (exact) mass is 333 g/mol. The van der Waals surface area contributed by atoms with E-state index in [2.05, 4.69) is 0 Å². The van der Waals surface area contributed by atoms with Crippen LogP contribution in [0.1, 0.15) is 61.8 Å². The summed E-state index contributed by atoms with van der Waals surface area (Å²) >= 11 is 0. The summed E-state index contributed by atoms with van der Waals surface area (Å²) in [6.07, 6.45) is -0.686. The molecule has 6 nitrogen and oxygen atoms in total. The zero-order chi connectivity index (χ0) is 18.1. The molecule has 2 rings (SSSR count). The number of hydroxylamine groups is 2. The number of esters is 1. The van der Waals surface area contributed by atoms with Gasteiger partial charge in [0, 0.05) is 0 Å². The van der Waals surface area contributed by atoms with Gasteiger partial charge in [-0.1, -0.05) is 26.0 Å². The maximum Gasteiger partial charge on any atom is 0.338 e. The molecule has 24 heavy (non-hydrogen) atoms. The molecule has 0 saturated carbocycles. The number of benzene rings is 1. The standard InChI is InChI=1S/C18H23NO5/c1-11(2)10-14(17(22)23-18(3,4)5)24-19-15(20)12-8-6-7-9-13(12)16(19)21/h6-9,11,14H,10H2,1-5H3/t14-/m0/s1. The Kier molecular flexibility index (Phi) is 5.08. The number of hydrogen-bond donors (Lipinski definition) is 0. The molecule has 2 amide bonds. The molecule has 0 spiro atoms. The number of fused-ring (bicyclic) bond motifs is 1. The molecule has 0 aromatic heterocycles. The van der Waals surface area contributed by atoms with Crippen molar-refractivity contribution in [2.45, 2.75) is 52.7 Å². The van der Waals surface area contributed by atoms with Crippen molar-refractivity contribution in [1.82, 2.24) is 5.06 Å². The van der Waals surface area contributed by atoms with Crippen LogP contribution in [0.15, 0.2) is 24.3 Å². The lowest BCUT2D eigenvalue weighted by Crippen LogP contribution is -2.41. The van der Waals surface area contributed by atoms with Crippen molar-refractivity contribution >= 4 is 17.8 Å². The highest BCUT2D eigenvalue weighted by atomic mass is 16.7. The predicted octanol–water partition coefficient (Wildman–Crippen LogP) is 2.97. The minimum Gasteiger partial charge on any atom is -0.458 e. The van der Waals surface area contributed by atoms with E-state index in [0.717, 1.165) is 0 Å². The first-order chi connectivity index (χ1) is 11.1. The third-order valence-electron chi connectivity index (χ3n) is 3.34. The van der Waals surface area contributed by atoms with Gasteiger partial charge < -0.3 is 4.74 Å². The van der Waals surface area contributed by atoms with E-state index in [0.29, 0.717) is 11.5 Å². The van der Waals surface area contributed by atoms with Crippen LogP contribution in [0.2, 0.25) is 0 Å². The molecule has 1 aliphatic heterocycles. The summed E-state index contributed by atoms with van der Waals surface area (Å²) < 4.78 is 5.35. The Balaban J connectivity index is 2.20. The van der Waals surface area contributed by atoms with E-state index >= 15 is 0 Å². The van der Waals surface area contributed by atoms with Gasteiger partial charge in [-0.3, -0.25) is 9.59 Å². The van der Waals surface area contributed by atoms with Gasteiger partial charge in [0.05, 0.1) is 11.1 Å². The highest BCUT2D eigenvalue weighted by Gasteiger charge is 2.40. The van der Waals surface area contributed by atoms with Crippen LogP contribution in [0.4, 0.5) is 0 Å². The van der Waals surface area contributed by atoms with E-state index in [1.165, 1.54) is 0 Å². The summed E-state index contributed by atoms with van der Waals surface area (Å²) in [5.41, 5.74) is -0.137. The molecule has 0 N–H and O–H groups in total. The Morgan fingerprint density at radius 2 is 1.58 bits per heavy atom. The molecule has 0 aliphatic carbocycles. The summed E-state index contributed by atoms with van der Waals surface area (Å²) in [5.74, 6) is -1.59. The van der Waals surface area contributed by atoms with E-state index < -0.39 is 29.5 Å². The lowest BCUT2D eigenvalue weighted by atomic mass is 10.1. The average molecular weight is 333 g/mol. The Morgan fingerprint density at radius 1 is 1.08 bits per heavy atom. The quantitative estimate of drug-likeness (QED) is 0.612. The van der Waals surface area contributed by atoms with Crippen LogP contribution in [-0.4, -0.2) is 34.6 Å². The predicted molar refractivity (Wildman–Crippen MR) is 87.1 cm³/mol. The first kappa shape index (κ1) is 18.1. The van der Waals surface area contributed by atoms with Crippen LogP contribution in [0.25, 0.3) is 0 Å². The van der Waals surface area contributed by atoms with Crippen molar-refractivity contribution in [1.29, 1.82) is 0 Å². The molecule has 0 radical (unpaired) electrons. The van der Waals surface area contributed by atoms with Crippen molar-refractivity contribution < 1.29 is 24.0 Å². The lowest BCUT2D eigenvalue weighted by molar-refractivity contribution is -0.191. The van der Waals surface area contributed by atoms with Crippen LogP contribution < -0.4 is 0 Å². The Hall–Kier alpha value is -2.21. The molecule has 1 aromatic rings. The summed E-state index contributed by atoms with van der Waals surface area (Å²) in [6.45, 7) is 9.09. The van der Waals surface area contributed by atoms with Crippen LogP contribution in [-0.2, 0) is 14.4 Å². The second kappa shape index (κ2) is 6.73. The molecule has 1 aromatic carbocycles. The molecule has 6 heteroatoms. The molecule has 1 heterocycles. The van der Waals surface area contributed by atoms with Gasteiger partial charge in [-0.05, 0) is 45.2 Å². The van der Waals surface area contributed by atoms with Crippen molar-refractivity contribution in [3.05, 3.63) is 35.4 Å². The van der Waals surface area contributed by atoms with Gasteiger partial charge in [-0.25, -0.2) is 9.63 Å². The summed E-state index contributed by atoms with van der Waals surface area (Å²) in [6, 6.07) is 6.47. The maximum atomic E-state index is 12.4. The fourth-order valence-electron chi connectivity index (χ4n) is 2.37. The van der Waals surface area contributed by atoms with Crippen LogP contribution in [0.5, 0.6) is 0 Å². The first-order valence-electron chi connectivity index (χ1n) is 7.97. The SMILES string of the molecule is CC(C)C[C@H](ON1C(=O)c2ccccc2C1=O)C(=O)OC(C)(C)C. The third-order valence-corrected chi connectivity index (χ3v) is 3.34. The van der Waals surface area contributed by atoms with E-state index in [4.69, 9.17) is 9.57 Å². The number of carbonyl (C=O) groups excluding carboxylic acids is 3. The van der Waals surface area contributed by atoms with Gasteiger partial charge in [-0.2, -0.15) is 0 Å². The number of rotatable bonds is 5. The molecule has 1 atom stereocenters. The van der Waals surface area contributed by atoms with Crippen molar-refractivity contribution in [3.63, 3.8) is 0 Å². The number of carbonyl (C=O) groups is 3. The van der Waals surface area contributed by atoms with Crippen LogP contribution in [0.3, 0.4) is 0 Å². The zero-order valence-electron chi connectivity index (χ0n) is 14.7. The lowest BCUT2D eigenvalue weighted by Gasteiger charge is -2.26. The molecule has 0 fully saturated rings. The molecule has 1 aliphatic rings. The molecule has 130 valence electrons. The summed E-state index contributed by atoms with van der Waals surface area (Å²) in [7, 11) is 0. The van der Waals surface area contributed by atoms with E-state index in [1.54, 1.807) is 45.0 Å². The topological polar surface area (TPSA) is 72.9 Å². The Bertz CT molecular complexity index is 625. The average Bonchev–Trinajstić information content (AvgIpc) is 2.70. The summed E-state index contributed by atoms with van der Waals surface area (Å²) in [4.78, 5) is 42.6. The highest BCUT2D eigenvalue weighted by molar-refractivity contribution is 6.20. The molecular formula is C18H23NO5. The minimum atomic E-state index is -1.02. The number of imide groups is 1. The van der Waals surface area contributed by atoms with Gasteiger partial charge >= 0.3 is 5.97 Å². The van der Waals surface area contributed by atoms with Gasteiger partial charge in [-0.15, -0.1) is 5.06 Å². The largest absolute Gasteiger partial charge is 0.458 e. The van der Waals surface area contributed by atoms with Gasteiger partial charge in [0.2, 0.25) is 0 Å². The van der Waals surface area contributed by atoms with Crippen LogP contribution >= 0.6 is 0 Å². The second-order valence-corrected chi connectivity index (χ2v) is 7.21. The maximum absolute atomic E-state index is 12.4. The fraction of sp³-hybridized carbons (Fsp3) is 0.500. The van der Waals surface area contributed by atoms with E-state index in [-0.39, 0.29) is 17.0 Å². The molecule has 0 unspecified atom stereocenters. The smallest absolute Gasteiger partial charge is 0.338 e. The molecular weight excluding hydrogens is 310 g/mol. The van der Waals surface area contributed by atoms with Crippen LogP contribution in [0, 0.1) is 5.92 Å². The van der Waals surface area contributed by atoms with Gasteiger partial charge in [0.25, 0.3) is 11.8 Å². The second-order valence-electron chi connectivity index (χ2n) is 7.21. The zero-order valence-corrected chi connectivity index (χ0v) is 14.7. The fourth-order valence-corrected chi connectivity index (χ4v) is 2.37. The van der Waals surface area contributed by atoms with E-state index in [1.807, 2.05) is 13.8 Å². The molecule has 0 bridgehead atoms. The molecule has 0 saturated heterocycles. The Labute approximate surface area is 141 Å². The van der Waals surface area contributed by atoms with E-state index in [9.17, 15) is 14.4 Å². The number of nitrogens with zero attached hydrogens (tertiary/aromatic N) is 1. The normalized spacial score (nSPS) is 15.7.